The molecule has 3 saturated carbocycles. The SMILES string of the molecule is CC(C)Oc1ccc(C2=NCc3ccc(N4CCC5(CCN(CC(=O)N6CC=C(c7ccc(-c8ncn(C)n8)cc7)CC6)C5)C4=O)cc32)cn1.CC(C)Oc1ccc(C2=NCc3ccc(N4CCC5(CCN(CC(=O)N6CCN(c7ccc(-c8ncn(C)n8)cc7)CC6)C5)C4=O)cc32)cn1.CC(C)Oc1ccc(C2=NCc3ccc(N4CC[C@]5(CCN(CC(=O)N6CCN(C78CC(c9ncn(C)n9)(C7)C8)CC6)C5)C4=O)cc32)cn1. The number of anilines is 4. The first-order valence-corrected chi connectivity index (χ1v) is 53.0. The number of benzene rings is 5. The van der Waals surface area contributed by atoms with E-state index in [2.05, 4.69) is 155 Å². The molecule has 2 bridgehead atoms. The van der Waals surface area contributed by atoms with Crippen molar-refractivity contribution in [2.45, 2.75) is 155 Å². The second-order valence-corrected chi connectivity index (χ2v) is 44.0. The maximum absolute atomic E-state index is 14.1. The Bertz CT molecular complexity index is 7080. The molecule has 18 heterocycles. The van der Waals surface area contributed by atoms with Crippen LogP contribution in [0.4, 0.5) is 22.7 Å². The summed E-state index contributed by atoms with van der Waals surface area (Å²) >= 11 is 0. The summed E-state index contributed by atoms with van der Waals surface area (Å²) in [7, 11) is 5.65. The van der Waals surface area contributed by atoms with Gasteiger partial charge in [0.1, 0.15) is 19.0 Å². The van der Waals surface area contributed by atoms with Crippen LogP contribution in [0.5, 0.6) is 17.6 Å². The topological polar surface area (TPSA) is 334 Å². The molecule has 6 aromatic heterocycles. The maximum Gasteiger partial charge on any atom is 0.237 e. The third kappa shape index (κ3) is 19.4. The van der Waals surface area contributed by atoms with Crippen LogP contribution < -0.4 is 33.8 Å². The van der Waals surface area contributed by atoms with Gasteiger partial charge >= 0.3 is 0 Å². The fraction of sp³-hybridized carbons (Fsp3) is 0.456. The van der Waals surface area contributed by atoms with Crippen LogP contribution in [-0.2, 0) is 75.0 Å². The lowest BCUT2D eigenvalue weighted by atomic mass is 9.38. The molecule has 26 rings (SSSR count). The minimum atomic E-state index is -0.446. The molecule has 149 heavy (non-hydrogen) atoms. The molecule has 12 aliphatic heterocycles. The van der Waals surface area contributed by atoms with Crippen LogP contribution in [-0.4, -0.2) is 314 Å². The van der Waals surface area contributed by atoms with Crippen molar-refractivity contribution in [3.05, 3.63) is 245 Å². The lowest BCUT2D eigenvalue weighted by Crippen LogP contribution is -2.78. The van der Waals surface area contributed by atoms with Crippen LogP contribution in [0, 0.1) is 16.2 Å². The summed E-state index contributed by atoms with van der Waals surface area (Å²) in [6, 6.07) is 47.0. The third-order valence-electron chi connectivity index (χ3n) is 33.0. The van der Waals surface area contributed by atoms with Crippen molar-refractivity contribution in [1.29, 1.82) is 0 Å². The number of amides is 6. The summed E-state index contributed by atoms with van der Waals surface area (Å²) in [4.78, 5) is 147. The van der Waals surface area contributed by atoms with Crippen LogP contribution in [0.3, 0.4) is 0 Å². The maximum atomic E-state index is 14.1. The van der Waals surface area contributed by atoms with Crippen molar-refractivity contribution in [2.75, 3.05) is 164 Å². The van der Waals surface area contributed by atoms with Gasteiger partial charge in [0.15, 0.2) is 17.5 Å². The molecule has 3 atom stereocenters. The highest BCUT2D eigenvalue weighted by Crippen LogP contribution is 2.70. The number of likely N-dealkylation sites (tertiary alicyclic amines) is 3. The van der Waals surface area contributed by atoms with Crippen molar-refractivity contribution in [3.63, 3.8) is 0 Å². The summed E-state index contributed by atoms with van der Waals surface area (Å²) in [5, 5.41) is 13.4. The highest BCUT2D eigenvalue weighted by atomic mass is 16.5. The minimum Gasteiger partial charge on any atom is -0.475 e. The predicted molar refractivity (Wildman–Crippen MR) is 567 cm³/mol. The highest BCUT2D eigenvalue weighted by Gasteiger charge is 2.72. The molecule has 0 N–H and O–H groups in total. The van der Waals surface area contributed by atoms with E-state index in [9.17, 15) is 28.8 Å². The average molecular weight is 2010 g/mol. The quantitative estimate of drug-likeness (QED) is 0.0542. The minimum absolute atomic E-state index is 0.0578. The van der Waals surface area contributed by atoms with Crippen LogP contribution in [0.2, 0.25) is 0 Å². The van der Waals surface area contributed by atoms with Gasteiger partial charge in [0, 0.05) is 241 Å². The molecule has 5 aromatic carbocycles. The largest absolute Gasteiger partial charge is 0.475 e. The van der Waals surface area contributed by atoms with Gasteiger partial charge in [-0.1, -0.05) is 48.5 Å². The molecule has 35 nitrogen and oxygen atoms in total. The van der Waals surface area contributed by atoms with E-state index in [1.54, 1.807) is 33.0 Å². The van der Waals surface area contributed by atoms with Crippen LogP contribution >= 0.6 is 0 Å². The Morgan fingerprint density at radius 1 is 0.356 bits per heavy atom. The molecule has 11 fully saturated rings. The Morgan fingerprint density at radius 2 is 0.711 bits per heavy atom. The van der Waals surface area contributed by atoms with Crippen LogP contribution in [0.25, 0.3) is 28.3 Å². The lowest BCUT2D eigenvalue weighted by Gasteiger charge is -2.73. The van der Waals surface area contributed by atoms with Gasteiger partial charge in [0.2, 0.25) is 53.1 Å². The molecular weight excluding hydrogens is 1880 g/mol. The van der Waals surface area contributed by atoms with E-state index in [4.69, 9.17) is 29.2 Å². The second-order valence-electron chi connectivity index (χ2n) is 44.0. The summed E-state index contributed by atoms with van der Waals surface area (Å²) in [6.45, 7) is 28.7. The van der Waals surface area contributed by atoms with E-state index < -0.39 is 16.2 Å². The number of aliphatic imine (C=N–C) groups is 3. The lowest BCUT2D eigenvalue weighted by molar-refractivity contribution is -0.184. The molecule has 0 radical (unpaired) electrons. The Kier molecular flexibility index (Phi) is 26.2. The molecule has 770 valence electrons. The normalized spacial score (nSPS) is 23.5. The number of hydrogen-bond donors (Lipinski definition) is 0. The zero-order valence-electron chi connectivity index (χ0n) is 86.6. The van der Waals surface area contributed by atoms with Crippen molar-refractivity contribution in [2.24, 2.45) is 52.4 Å². The van der Waals surface area contributed by atoms with E-state index in [0.29, 0.717) is 134 Å². The summed E-state index contributed by atoms with van der Waals surface area (Å²) in [5.74, 6) is 5.18. The number of rotatable bonds is 24. The molecular formula is C114H130N26O9. The smallest absolute Gasteiger partial charge is 0.237 e. The molecule has 6 amide bonds. The fourth-order valence-electron chi connectivity index (χ4n) is 25.0. The number of ether oxygens (including phenoxy) is 3. The first kappa shape index (κ1) is 97.9. The van der Waals surface area contributed by atoms with Gasteiger partial charge < -0.3 is 48.5 Å². The van der Waals surface area contributed by atoms with Gasteiger partial charge in [-0.25, -0.2) is 29.9 Å². The summed E-state index contributed by atoms with van der Waals surface area (Å²) < 4.78 is 22.3. The number of aromatic nitrogens is 12. The van der Waals surface area contributed by atoms with Crippen molar-refractivity contribution in [3.8, 4) is 40.4 Å². The monoisotopic (exact) mass is 2010 g/mol. The zero-order chi connectivity index (χ0) is 102. The Morgan fingerprint density at radius 3 is 1.07 bits per heavy atom. The van der Waals surface area contributed by atoms with E-state index >= 15 is 0 Å². The molecule has 15 aliphatic rings. The molecule has 2 unspecified atom stereocenters. The predicted octanol–water partition coefficient (Wildman–Crippen LogP) is 11.3. The van der Waals surface area contributed by atoms with Crippen molar-refractivity contribution < 1.29 is 43.0 Å². The first-order chi connectivity index (χ1) is 72.1. The zero-order valence-corrected chi connectivity index (χ0v) is 86.6. The van der Waals surface area contributed by atoms with Gasteiger partial charge in [0.05, 0.1) is 91.0 Å². The second kappa shape index (κ2) is 39.9. The molecule has 3 spiro atoms. The van der Waals surface area contributed by atoms with E-state index in [0.717, 1.165) is 236 Å². The number of hydrogen-bond acceptors (Lipinski definition) is 26. The van der Waals surface area contributed by atoms with E-state index in [1.165, 1.54) is 5.57 Å². The van der Waals surface area contributed by atoms with Gasteiger partial charge in [-0.15, -0.1) is 0 Å². The number of fused-ring (bicyclic) bond motifs is 3. The van der Waals surface area contributed by atoms with Gasteiger partial charge in [-0.05, 0) is 232 Å². The summed E-state index contributed by atoms with van der Waals surface area (Å²) in [5.41, 5.74) is 19.5. The van der Waals surface area contributed by atoms with Gasteiger partial charge in [-0.2, -0.15) is 15.3 Å². The van der Waals surface area contributed by atoms with E-state index in [-0.39, 0.29) is 64.7 Å². The third-order valence-corrected chi connectivity index (χ3v) is 33.0. The average Bonchev–Trinajstić information content (AvgIpc) is 1.55. The Hall–Kier alpha value is -14.4. The number of piperazine rings is 2. The van der Waals surface area contributed by atoms with Gasteiger partial charge in [-0.3, -0.25) is 77.4 Å². The molecule has 35 heteroatoms. The fourth-order valence-corrected chi connectivity index (χ4v) is 25.0. The summed E-state index contributed by atoms with van der Waals surface area (Å²) in [6.07, 6.45) is 22.0. The Labute approximate surface area is 868 Å². The highest BCUT2D eigenvalue weighted by molar-refractivity contribution is 6.18. The molecule has 8 saturated heterocycles. The van der Waals surface area contributed by atoms with E-state index in [1.807, 2.05) is 171 Å². The number of nitrogens with zero attached hydrogens (tertiary/aromatic N) is 26. The standard InChI is InChI=1S/C39H42N8O3.C38H43N9O3.C37H45N9O3/c1-26(2)50-34-11-9-31(22-40-34)36-33-20-32(10-8-30(33)21-41-36)47-19-15-39(38(47)49)14-18-45(24-39)23-35(48)46-16-12-28(13-17-46)27-4-6-29(7-5-27)37-42-25-44(3)43-37;1-26(2)50-33-11-7-29(22-39-33)35-32-20-31(10-6-28(32)21-40-35)47-15-13-38(37(47)49)12-14-44(24-38)23-34(48)46-18-16-45(17-19-46)30-8-4-27(5-9-30)36-41-25-43(3)42-36;1-25(2)49-30-7-5-27(18-38-30)32-29-16-28(6-4-26(29)17-39-32)46-11-9-35(34(46)48)8-10-43(23-35)19-31(47)44-12-14-45(15-13-44)37-20-36(21-37,22-37)33-40-24-42(3)41-33/h4-12,20,22,25-26H,13-19,21,23-24H2,1-3H3;4-11,20,22,25-26H,12-19,21,23-24H2,1-3H3;4-7,16,18,24-25H,8-15,17,19-23H2,1-3H3/t;;35-,36?,37?/m..0/s1. The van der Waals surface area contributed by atoms with Gasteiger partial charge in [0.25, 0.3) is 0 Å². The Balaban J connectivity index is 0.000000123. The van der Waals surface area contributed by atoms with Crippen molar-refractivity contribution in [1.82, 2.24) is 93.5 Å². The van der Waals surface area contributed by atoms with Crippen LogP contribution in [0.1, 0.15) is 167 Å². The van der Waals surface area contributed by atoms with Crippen LogP contribution in [0.15, 0.2) is 198 Å². The first-order valence-electron chi connectivity index (χ1n) is 53.0. The molecule has 3 aliphatic carbocycles. The molecule has 11 aromatic rings. The number of aryl methyl sites for hydroxylation is 3. The number of carbonyl (C=O) groups excluding carboxylic acids is 6. The number of pyridine rings is 3. The number of carbonyl (C=O) groups is 6. The van der Waals surface area contributed by atoms with Crippen molar-refractivity contribution >= 4 is 80.9 Å².